The van der Waals surface area contributed by atoms with Crippen LogP contribution in [0.15, 0.2) is 53.7 Å². The second kappa shape index (κ2) is 6.30. The molecule has 21 heavy (non-hydrogen) atoms. The van der Waals surface area contributed by atoms with Crippen molar-refractivity contribution in [3.63, 3.8) is 0 Å². The molecule has 6 heteroatoms. The second-order valence-corrected chi connectivity index (χ2v) is 4.22. The quantitative estimate of drug-likeness (QED) is 0.488. The number of benzene rings is 2. The van der Waals surface area contributed by atoms with Gasteiger partial charge in [0.25, 0.3) is 5.69 Å². The third-order valence-corrected chi connectivity index (χ3v) is 2.71. The van der Waals surface area contributed by atoms with Crippen LogP contribution in [0.3, 0.4) is 0 Å². The number of nitro groups is 1. The Morgan fingerprint density at radius 2 is 2.00 bits per heavy atom. The molecule has 0 spiro atoms. The number of non-ortho nitro benzene ring substituents is 1. The average Bonchev–Trinajstić information content (AvgIpc) is 2.53. The van der Waals surface area contributed by atoms with Gasteiger partial charge in [-0.15, -0.1) is 0 Å². The monoisotopic (exact) mass is 281 g/mol. The maximum atomic E-state index is 10.8. The average molecular weight is 281 g/mol. The van der Waals surface area contributed by atoms with Crippen molar-refractivity contribution < 1.29 is 9.76 Å². The predicted molar refractivity (Wildman–Crippen MR) is 77.1 cm³/mol. The number of oxime groups is 1. The molecular formula is C15H11N3O3. The molecule has 0 aliphatic carbocycles. The maximum Gasteiger partial charge on any atom is 0.274 e. The van der Waals surface area contributed by atoms with E-state index in [4.69, 9.17) is 10.1 Å². The molecule has 0 radical (unpaired) electrons. The van der Waals surface area contributed by atoms with Crippen molar-refractivity contribution in [2.24, 2.45) is 5.16 Å². The Kier molecular flexibility index (Phi) is 4.26. The van der Waals surface area contributed by atoms with Gasteiger partial charge in [0.05, 0.1) is 28.3 Å². The number of nitriles is 1. The first-order chi connectivity index (χ1) is 10.1. The summed E-state index contributed by atoms with van der Waals surface area (Å²) in [7, 11) is 0. The summed E-state index contributed by atoms with van der Waals surface area (Å²) in [6.45, 7) is 1.76. The van der Waals surface area contributed by atoms with Gasteiger partial charge in [-0.25, -0.2) is 0 Å². The Balaban J connectivity index is 2.26. The standard InChI is InChI=1S/C15H11N3O3/c1-11(13-5-3-2-4-6-13)17-21-15-8-12(10-16)7-14(9-15)18(19)20/h2-9H,1H3/b17-11+. The van der Waals surface area contributed by atoms with Crippen LogP contribution in [0.1, 0.15) is 18.1 Å². The topological polar surface area (TPSA) is 88.5 Å². The van der Waals surface area contributed by atoms with Gasteiger partial charge in [-0.3, -0.25) is 10.1 Å². The molecule has 0 unspecified atom stereocenters. The summed E-state index contributed by atoms with van der Waals surface area (Å²) in [6, 6.07) is 15.0. The van der Waals surface area contributed by atoms with E-state index in [0.717, 1.165) is 5.56 Å². The van der Waals surface area contributed by atoms with Gasteiger partial charge in [0.15, 0.2) is 5.75 Å². The zero-order chi connectivity index (χ0) is 15.2. The summed E-state index contributed by atoms with van der Waals surface area (Å²) >= 11 is 0. The Morgan fingerprint density at radius 1 is 1.29 bits per heavy atom. The molecule has 0 saturated carbocycles. The van der Waals surface area contributed by atoms with Crippen LogP contribution in [0.4, 0.5) is 5.69 Å². The lowest BCUT2D eigenvalue weighted by Crippen LogP contribution is -1.98. The van der Waals surface area contributed by atoms with Gasteiger partial charge in [-0.2, -0.15) is 5.26 Å². The predicted octanol–water partition coefficient (Wildman–Crippen LogP) is 3.27. The highest BCUT2D eigenvalue weighted by molar-refractivity contribution is 5.98. The normalized spacial score (nSPS) is 10.8. The summed E-state index contributed by atoms with van der Waals surface area (Å²) in [6.07, 6.45) is 0. The van der Waals surface area contributed by atoms with Crippen molar-refractivity contribution in [2.75, 3.05) is 0 Å². The summed E-state index contributed by atoms with van der Waals surface area (Å²) in [5.41, 5.74) is 1.44. The van der Waals surface area contributed by atoms with Gasteiger partial charge in [0.1, 0.15) is 0 Å². The van der Waals surface area contributed by atoms with Crippen LogP contribution in [0.2, 0.25) is 0 Å². The van der Waals surface area contributed by atoms with E-state index in [1.807, 2.05) is 36.4 Å². The molecule has 104 valence electrons. The molecular weight excluding hydrogens is 270 g/mol. The van der Waals surface area contributed by atoms with Gasteiger partial charge >= 0.3 is 0 Å². The van der Waals surface area contributed by atoms with Crippen molar-refractivity contribution >= 4 is 11.4 Å². The minimum absolute atomic E-state index is 0.145. The SMILES string of the molecule is C/C(=N\Oc1cc(C#N)cc([N+](=O)[O-])c1)c1ccccc1. The van der Waals surface area contributed by atoms with Crippen molar-refractivity contribution in [1.82, 2.24) is 0 Å². The van der Waals surface area contributed by atoms with Crippen LogP contribution < -0.4 is 4.84 Å². The molecule has 0 aliphatic heterocycles. The fourth-order valence-corrected chi connectivity index (χ4v) is 1.66. The first-order valence-corrected chi connectivity index (χ1v) is 6.07. The molecule has 0 saturated heterocycles. The van der Waals surface area contributed by atoms with E-state index in [0.29, 0.717) is 5.71 Å². The van der Waals surface area contributed by atoms with E-state index in [1.54, 1.807) is 6.92 Å². The zero-order valence-electron chi connectivity index (χ0n) is 11.2. The third-order valence-electron chi connectivity index (χ3n) is 2.71. The van der Waals surface area contributed by atoms with Crippen molar-refractivity contribution in [3.05, 3.63) is 69.8 Å². The molecule has 2 aromatic carbocycles. The van der Waals surface area contributed by atoms with E-state index in [2.05, 4.69) is 5.16 Å². The molecule has 0 atom stereocenters. The largest absolute Gasteiger partial charge is 0.356 e. The van der Waals surface area contributed by atoms with E-state index >= 15 is 0 Å². The van der Waals surface area contributed by atoms with Crippen LogP contribution in [-0.2, 0) is 0 Å². The van der Waals surface area contributed by atoms with Gasteiger partial charge in [-0.05, 0) is 12.5 Å². The van der Waals surface area contributed by atoms with Gasteiger partial charge in [0, 0.05) is 12.1 Å². The van der Waals surface area contributed by atoms with Gasteiger partial charge in [0.2, 0.25) is 0 Å². The lowest BCUT2D eigenvalue weighted by molar-refractivity contribution is -0.385. The van der Waals surface area contributed by atoms with Crippen molar-refractivity contribution in [3.8, 4) is 11.8 Å². The Morgan fingerprint density at radius 3 is 2.62 bits per heavy atom. The van der Waals surface area contributed by atoms with Gasteiger partial charge in [-0.1, -0.05) is 35.5 Å². The van der Waals surface area contributed by atoms with Crippen molar-refractivity contribution in [2.45, 2.75) is 6.92 Å². The highest BCUT2D eigenvalue weighted by Gasteiger charge is 2.11. The fraction of sp³-hybridized carbons (Fsp3) is 0.0667. The lowest BCUT2D eigenvalue weighted by atomic mass is 10.1. The Bertz CT molecular complexity index is 734. The van der Waals surface area contributed by atoms with E-state index in [1.165, 1.54) is 18.2 Å². The van der Waals surface area contributed by atoms with Crippen LogP contribution in [0.25, 0.3) is 0 Å². The minimum Gasteiger partial charge on any atom is -0.356 e. The summed E-state index contributed by atoms with van der Waals surface area (Å²) in [5.74, 6) is 0.149. The molecule has 0 fully saturated rings. The highest BCUT2D eigenvalue weighted by atomic mass is 16.6. The molecule has 0 heterocycles. The number of rotatable bonds is 4. The molecule has 0 N–H and O–H groups in total. The summed E-state index contributed by atoms with van der Waals surface area (Å²) in [5, 5.41) is 23.6. The molecule has 2 aromatic rings. The smallest absolute Gasteiger partial charge is 0.274 e. The van der Waals surface area contributed by atoms with E-state index in [-0.39, 0.29) is 17.0 Å². The Labute approximate surface area is 121 Å². The Hall–Kier alpha value is -3.20. The minimum atomic E-state index is -0.582. The molecule has 0 bridgehead atoms. The third kappa shape index (κ3) is 3.64. The first kappa shape index (κ1) is 14.2. The molecule has 0 amide bonds. The fourth-order valence-electron chi connectivity index (χ4n) is 1.66. The molecule has 0 aliphatic rings. The maximum absolute atomic E-state index is 10.8. The van der Waals surface area contributed by atoms with Crippen LogP contribution in [0.5, 0.6) is 5.75 Å². The van der Waals surface area contributed by atoms with E-state index in [9.17, 15) is 10.1 Å². The lowest BCUT2D eigenvalue weighted by Gasteiger charge is -2.02. The number of hydrogen-bond donors (Lipinski definition) is 0. The van der Waals surface area contributed by atoms with E-state index < -0.39 is 4.92 Å². The zero-order valence-corrected chi connectivity index (χ0v) is 11.2. The molecule has 0 aromatic heterocycles. The van der Waals surface area contributed by atoms with Gasteiger partial charge < -0.3 is 4.84 Å². The summed E-state index contributed by atoms with van der Waals surface area (Å²) < 4.78 is 0. The van der Waals surface area contributed by atoms with Crippen LogP contribution >= 0.6 is 0 Å². The van der Waals surface area contributed by atoms with Crippen LogP contribution in [0, 0.1) is 21.4 Å². The second-order valence-electron chi connectivity index (χ2n) is 4.22. The number of nitro benzene ring substituents is 1. The summed E-state index contributed by atoms with van der Waals surface area (Å²) in [4.78, 5) is 15.4. The number of nitrogens with zero attached hydrogens (tertiary/aromatic N) is 3. The number of hydrogen-bond acceptors (Lipinski definition) is 5. The molecule has 2 rings (SSSR count). The molecule has 6 nitrogen and oxygen atoms in total. The highest BCUT2D eigenvalue weighted by Crippen LogP contribution is 2.22. The first-order valence-electron chi connectivity index (χ1n) is 6.07. The van der Waals surface area contributed by atoms with Crippen molar-refractivity contribution in [1.29, 1.82) is 5.26 Å². The van der Waals surface area contributed by atoms with Crippen LogP contribution in [-0.4, -0.2) is 10.6 Å².